The van der Waals surface area contributed by atoms with Crippen molar-refractivity contribution in [1.29, 1.82) is 0 Å². The van der Waals surface area contributed by atoms with Gasteiger partial charge in [-0.25, -0.2) is 0 Å². The van der Waals surface area contributed by atoms with Crippen LogP contribution in [0.4, 0.5) is 5.69 Å². The van der Waals surface area contributed by atoms with Gasteiger partial charge in [0.25, 0.3) is 0 Å². The summed E-state index contributed by atoms with van der Waals surface area (Å²) in [6.07, 6.45) is 0.735. The molecular formula is C13H16ClNO2. The number of halogens is 1. The normalized spacial score (nSPS) is 11.1. The summed E-state index contributed by atoms with van der Waals surface area (Å²) in [4.78, 5) is 22.4. The molecule has 0 fully saturated rings. The number of carbonyl (C=O) groups excluding carboxylic acids is 2. The van der Waals surface area contributed by atoms with Gasteiger partial charge in [0.1, 0.15) is 5.88 Å². The van der Waals surface area contributed by atoms with Gasteiger partial charge >= 0.3 is 0 Å². The van der Waals surface area contributed by atoms with Crippen LogP contribution in [0.25, 0.3) is 0 Å². The van der Waals surface area contributed by atoms with Gasteiger partial charge in [-0.1, -0.05) is 32.9 Å². The number of anilines is 1. The lowest BCUT2D eigenvalue weighted by Crippen LogP contribution is -2.20. The van der Waals surface area contributed by atoms with E-state index in [4.69, 9.17) is 11.6 Å². The van der Waals surface area contributed by atoms with Crippen molar-refractivity contribution in [2.24, 2.45) is 0 Å². The van der Waals surface area contributed by atoms with Crippen molar-refractivity contribution in [2.75, 3.05) is 11.2 Å². The second-order valence-electron chi connectivity index (χ2n) is 4.82. The third kappa shape index (κ3) is 3.30. The molecule has 1 aromatic carbocycles. The number of carbonyl (C=O) groups is 2. The molecule has 0 bridgehead atoms. The molecule has 0 saturated carbocycles. The Bertz CT molecular complexity index is 436. The molecule has 3 nitrogen and oxygen atoms in total. The average Bonchev–Trinajstić information content (AvgIpc) is 2.27. The Morgan fingerprint density at radius 2 is 2.06 bits per heavy atom. The highest BCUT2D eigenvalue weighted by Gasteiger charge is 2.20. The van der Waals surface area contributed by atoms with E-state index in [2.05, 4.69) is 5.32 Å². The van der Waals surface area contributed by atoms with E-state index < -0.39 is 0 Å². The minimum atomic E-state index is -0.313. The number of rotatable bonds is 3. The summed E-state index contributed by atoms with van der Waals surface area (Å²) in [6, 6.07) is 5.38. The number of amides is 1. The van der Waals surface area contributed by atoms with Crippen molar-refractivity contribution < 1.29 is 9.59 Å². The Labute approximate surface area is 106 Å². The highest BCUT2D eigenvalue weighted by Crippen LogP contribution is 2.31. The van der Waals surface area contributed by atoms with Crippen LogP contribution in [0, 0.1) is 0 Å². The van der Waals surface area contributed by atoms with Crippen molar-refractivity contribution in [3.05, 3.63) is 29.3 Å². The molecule has 0 saturated heterocycles. The molecule has 1 rings (SSSR count). The number of para-hydroxylation sites is 1. The number of hydrogen-bond donors (Lipinski definition) is 1. The maximum atomic E-state index is 11.4. The van der Waals surface area contributed by atoms with Gasteiger partial charge in [-0.3, -0.25) is 9.59 Å². The van der Waals surface area contributed by atoms with E-state index in [0.29, 0.717) is 11.3 Å². The molecule has 0 atom stereocenters. The molecule has 0 aliphatic carbocycles. The van der Waals surface area contributed by atoms with Gasteiger partial charge in [-0.05, 0) is 17.0 Å². The minimum absolute atomic E-state index is 0.128. The predicted octanol–water partition coefficient (Wildman–Crippen LogP) is 2.97. The van der Waals surface area contributed by atoms with Crippen molar-refractivity contribution in [2.45, 2.75) is 26.2 Å². The van der Waals surface area contributed by atoms with Crippen LogP contribution >= 0.6 is 11.6 Å². The number of aldehydes is 1. The van der Waals surface area contributed by atoms with Gasteiger partial charge in [-0.15, -0.1) is 11.6 Å². The zero-order chi connectivity index (χ0) is 13.1. The van der Waals surface area contributed by atoms with Crippen molar-refractivity contribution >= 4 is 29.5 Å². The fraction of sp³-hybridized carbons (Fsp3) is 0.385. The standard InChI is InChI=1S/C13H16ClNO2/c1-13(2,3)10-6-4-5-9(8-16)12(10)15-11(17)7-14/h4-6,8H,7H2,1-3H3,(H,15,17). The maximum absolute atomic E-state index is 11.4. The Hall–Kier alpha value is -1.35. The summed E-state index contributed by atoms with van der Waals surface area (Å²) >= 11 is 5.46. The van der Waals surface area contributed by atoms with E-state index in [9.17, 15) is 9.59 Å². The summed E-state index contributed by atoms with van der Waals surface area (Å²) < 4.78 is 0. The molecule has 0 radical (unpaired) electrons. The van der Waals surface area contributed by atoms with Crippen LogP contribution in [0.1, 0.15) is 36.7 Å². The SMILES string of the molecule is CC(C)(C)c1cccc(C=O)c1NC(=O)CCl. The van der Waals surface area contributed by atoms with E-state index in [0.717, 1.165) is 11.8 Å². The maximum Gasteiger partial charge on any atom is 0.239 e. The Kier molecular flexibility index (Phi) is 4.29. The fourth-order valence-electron chi connectivity index (χ4n) is 1.61. The summed E-state index contributed by atoms with van der Waals surface area (Å²) in [7, 11) is 0. The Morgan fingerprint density at radius 1 is 1.41 bits per heavy atom. The first-order valence-corrected chi connectivity index (χ1v) is 5.88. The molecule has 1 amide bonds. The monoisotopic (exact) mass is 253 g/mol. The predicted molar refractivity (Wildman–Crippen MR) is 69.9 cm³/mol. The zero-order valence-electron chi connectivity index (χ0n) is 10.2. The van der Waals surface area contributed by atoms with Crippen molar-refractivity contribution in [3.8, 4) is 0 Å². The van der Waals surface area contributed by atoms with E-state index in [1.165, 1.54) is 0 Å². The van der Waals surface area contributed by atoms with Crippen LogP contribution in [0.15, 0.2) is 18.2 Å². The van der Waals surface area contributed by atoms with Crippen molar-refractivity contribution in [1.82, 2.24) is 0 Å². The van der Waals surface area contributed by atoms with Gasteiger partial charge in [0, 0.05) is 5.56 Å². The van der Waals surface area contributed by atoms with E-state index in [1.807, 2.05) is 26.8 Å². The van der Waals surface area contributed by atoms with E-state index >= 15 is 0 Å². The molecule has 4 heteroatoms. The van der Waals surface area contributed by atoms with Crippen LogP contribution in [-0.2, 0) is 10.2 Å². The van der Waals surface area contributed by atoms with Gasteiger partial charge in [0.2, 0.25) is 5.91 Å². The number of alkyl halides is 1. The van der Waals surface area contributed by atoms with E-state index in [-0.39, 0.29) is 17.2 Å². The molecule has 92 valence electrons. The average molecular weight is 254 g/mol. The first-order chi connectivity index (χ1) is 7.90. The van der Waals surface area contributed by atoms with Crippen LogP contribution < -0.4 is 5.32 Å². The van der Waals surface area contributed by atoms with Crippen LogP contribution in [0.3, 0.4) is 0 Å². The summed E-state index contributed by atoms with van der Waals surface area (Å²) in [5.74, 6) is -0.442. The summed E-state index contributed by atoms with van der Waals surface area (Å²) in [5.41, 5.74) is 1.78. The van der Waals surface area contributed by atoms with Gasteiger partial charge in [0.05, 0.1) is 5.69 Å². The Balaban J connectivity index is 3.30. The lowest BCUT2D eigenvalue weighted by atomic mass is 9.84. The van der Waals surface area contributed by atoms with Crippen LogP contribution in [0.5, 0.6) is 0 Å². The third-order valence-corrected chi connectivity index (χ3v) is 2.66. The quantitative estimate of drug-likeness (QED) is 0.665. The molecule has 1 N–H and O–H groups in total. The lowest BCUT2D eigenvalue weighted by Gasteiger charge is -2.24. The zero-order valence-corrected chi connectivity index (χ0v) is 11.0. The lowest BCUT2D eigenvalue weighted by molar-refractivity contribution is -0.113. The molecule has 0 spiro atoms. The molecular weight excluding hydrogens is 238 g/mol. The highest BCUT2D eigenvalue weighted by atomic mass is 35.5. The summed E-state index contributed by atoms with van der Waals surface area (Å²) in [6.45, 7) is 6.06. The second kappa shape index (κ2) is 5.32. The van der Waals surface area contributed by atoms with Gasteiger partial charge in [-0.2, -0.15) is 0 Å². The highest BCUT2D eigenvalue weighted by molar-refractivity contribution is 6.29. The Morgan fingerprint density at radius 3 is 2.53 bits per heavy atom. The van der Waals surface area contributed by atoms with E-state index in [1.54, 1.807) is 12.1 Å². The molecule has 17 heavy (non-hydrogen) atoms. The topological polar surface area (TPSA) is 46.2 Å². The number of nitrogens with one attached hydrogen (secondary N) is 1. The molecule has 0 aliphatic heterocycles. The van der Waals surface area contributed by atoms with Crippen LogP contribution in [-0.4, -0.2) is 18.1 Å². The summed E-state index contributed by atoms with van der Waals surface area (Å²) in [5, 5.41) is 2.68. The first-order valence-electron chi connectivity index (χ1n) is 5.34. The number of benzene rings is 1. The molecule has 0 heterocycles. The number of hydrogen-bond acceptors (Lipinski definition) is 2. The molecule has 0 aromatic heterocycles. The van der Waals surface area contributed by atoms with Crippen LogP contribution in [0.2, 0.25) is 0 Å². The van der Waals surface area contributed by atoms with Gasteiger partial charge < -0.3 is 5.32 Å². The van der Waals surface area contributed by atoms with Crippen molar-refractivity contribution in [3.63, 3.8) is 0 Å². The smallest absolute Gasteiger partial charge is 0.239 e. The fourth-order valence-corrected chi connectivity index (χ4v) is 1.67. The largest absolute Gasteiger partial charge is 0.324 e. The molecule has 0 unspecified atom stereocenters. The molecule has 0 aliphatic rings. The third-order valence-electron chi connectivity index (χ3n) is 2.42. The first kappa shape index (κ1) is 13.7. The molecule has 1 aromatic rings. The second-order valence-corrected chi connectivity index (χ2v) is 5.09. The van der Waals surface area contributed by atoms with Gasteiger partial charge in [0.15, 0.2) is 6.29 Å². The minimum Gasteiger partial charge on any atom is -0.324 e.